The lowest BCUT2D eigenvalue weighted by Gasteiger charge is -2.38. The Morgan fingerprint density at radius 2 is 1.86 bits per heavy atom. The van der Waals surface area contributed by atoms with Crippen molar-refractivity contribution >= 4 is 28.2 Å². The fourth-order valence-electron chi connectivity index (χ4n) is 6.19. The van der Waals surface area contributed by atoms with Crippen LogP contribution < -0.4 is 19.3 Å². The summed E-state index contributed by atoms with van der Waals surface area (Å²) >= 11 is 0. The average molecular weight is 591 g/mol. The van der Waals surface area contributed by atoms with Crippen molar-refractivity contribution in [2.24, 2.45) is 0 Å². The second kappa shape index (κ2) is 13.1. The number of rotatable bonds is 9. The first-order valence-corrected chi connectivity index (χ1v) is 15.0. The van der Waals surface area contributed by atoms with Crippen LogP contribution >= 0.6 is 0 Å². The van der Waals surface area contributed by atoms with E-state index in [2.05, 4.69) is 16.4 Å². The number of aromatic nitrogens is 2. The highest BCUT2D eigenvalue weighted by Gasteiger charge is 2.30. The summed E-state index contributed by atoms with van der Waals surface area (Å²) in [5.74, 6) is 0.631. The quantitative estimate of drug-likeness (QED) is 0.276. The number of piperazine rings is 1. The van der Waals surface area contributed by atoms with E-state index in [9.17, 15) is 4.79 Å². The third-order valence-corrected chi connectivity index (χ3v) is 8.50. The largest absolute Gasteiger partial charge is 0.494 e. The van der Waals surface area contributed by atoms with Gasteiger partial charge >= 0.3 is 6.01 Å². The number of amides is 1. The lowest BCUT2D eigenvalue weighted by atomic mass is 10.0. The van der Waals surface area contributed by atoms with E-state index >= 15 is 4.39 Å². The first-order chi connectivity index (χ1) is 21.1. The maximum absolute atomic E-state index is 15.8. The van der Waals surface area contributed by atoms with Gasteiger partial charge in [0.05, 0.1) is 44.9 Å². The number of benzene rings is 2. The van der Waals surface area contributed by atoms with Crippen LogP contribution in [0, 0.1) is 5.82 Å². The highest BCUT2D eigenvalue weighted by molar-refractivity contribution is 5.96. The molecule has 0 saturated carbocycles. The highest BCUT2D eigenvalue weighted by Crippen LogP contribution is 2.39. The van der Waals surface area contributed by atoms with Crippen LogP contribution in [-0.2, 0) is 22.5 Å². The van der Waals surface area contributed by atoms with Crippen molar-refractivity contribution in [2.75, 3.05) is 89.1 Å². The predicted molar refractivity (Wildman–Crippen MR) is 164 cm³/mol. The van der Waals surface area contributed by atoms with Gasteiger partial charge in [0.25, 0.3) is 0 Å². The maximum atomic E-state index is 15.8. The Morgan fingerprint density at radius 1 is 1.07 bits per heavy atom. The Bertz CT molecular complexity index is 1470. The minimum Gasteiger partial charge on any atom is -0.494 e. The van der Waals surface area contributed by atoms with E-state index in [-0.39, 0.29) is 17.5 Å². The molecule has 1 amide bonds. The second-order valence-corrected chi connectivity index (χ2v) is 11.1. The summed E-state index contributed by atoms with van der Waals surface area (Å²) in [6.07, 6.45) is 2.87. The molecule has 0 radical (unpaired) electrons. The molecule has 0 unspecified atom stereocenters. The molecule has 3 aliphatic rings. The van der Waals surface area contributed by atoms with Gasteiger partial charge in [0.2, 0.25) is 5.91 Å². The topological polar surface area (TPSA) is 83.5 Å². The summed E-state index contributed by atoms with van der Waals surface area (Å²) in [7, 11) is 1.49. The third kappa shape index (κ3) is 6.23. The third-order valence-electron chi connectivity index (χ3n) is 8.50. The normalized spacial score (nSPS) is 17.6. The molecule has 0 N–H and O–H groups in total. The number of halogens is 1. The van der Waals surface area contributed by atoms with Crippen molar-refractivity contribution in [3.8, 4) is 11.8 Å². The van der Waals surface area contributed by atoms with Crippen molar-refractivity contribution in [1.29, 1.82) is 0 Å². The molecule has 11 heteroatoms. The van der Waals surface area contributed by atoms with E-state index in [1.165, 1.54) is 13.2 Å². The van der Waals surface area contributed by atoms with Crippen molar-refractivity contribution in [3.05, 3.63) is 60.1 Å². The summed E-state index contributed by atoms with van der Waals surface area (Å²) < 4.78 is 32.8. The minimum absolute atomic E-state index is 0.0585. The Labute approximate surface area is 251 Å². The van der Waals surface area contributed by atoms with Gasteiger partial charge in [-0.1, -0.05) is 30.8 Å². The van der Waals surface area contributed by atoms with E-state index in [4.69, 9.17) is 24.2 Å². The number of morpholine rings is 1. The van der Waals surface area contributed by atoms with Gasteiger partial charge in [-0.15, -0.1) is 0 Å². The first kappa shape index (κ1) is 29.1. The van der Waals surface area contributed by atoms with E-state index in [0.29, 0.717) is 64.0 Å². The number of methoxy groups -OCH3 is 1. The summed E-state index contributed by atoms with van der Waals surface area (Å²) in [5, 5.41) is 1.75. The molecule has 0 aliphatic carbocycles. The summed E-state index contributed by atoms with van der Waals surface area (Å²) in [6.45, 7) is 12.0. The fraction of sp³-hybridized carbons (Fsp3) is 0.469. The Balaban J connectivity index is 1.27. The van der Waals surface area contributed by atoms with Crippen LogP contribution in [0.15, 0.2) is 43.0 Å². The number of hydrogen-bond donors (Lipinski definition) is 0. The molecule has 3 aliphatic heterocycles. The SMILES string of the molecule is C=CC(=O)N1CCN(c2nc(OCCCN3CCOCC3)nc3c2CCN(c2c(F)c(OC)cc4ccccc24)C3)CC1. The van der Waals surface area contributed by atoms with Gasteiger partial charge in [0.15, 0.2) is 11.6 Å². The van der Waals surface area contributed by atoms with Gasteiger partial charge in [0, 0.05) is 63.3 Å². The summed E-state index contributed by atoms with van der Waals surface area (Å²) in [5.41, 5.74) is 2.40. The van der Waals surface area contributed by atoms with Crippen LogP contribution in [0.4, 0.5) is 15.9 Å². The van der Waals surface area contributed by atoms with E-state index in [1.807, 2.05) is 29.2 Å². The molecule has 0 atom stereocenters. The van der Waals surface area contributed by atoms with Crippen LogP contribution in [0.2, 0.25) is 0 Å². The highest BCUT2D eigenvalue weighted by atomic mass is 19.1. The lowest BCUT2D eigenvalue weighted by Crippen LogP contribution is -2.49. The molecule has 0 bridgehead atoms. The Kier molecular flexibility index (Phi) is 8.90. The van der Waals surface area contributed by atoms with Crippen LogP contribution in [0.1, 0.15) is 17.7 Å². The standard InChI is InChI=1S/C32H39FN6O4/c1-3-28(40)37-12-14-38(15-13-37)31-25-9-11-39(30-24-8-5-4-7-23(24)21-27(41-2)29(30)33)22-26(25)34-32(35-31)43-18-6-10-36-16-19-42-20-17-36/h3-5,7-8,21H,1,6,9-20,22H2,2H3. The molecule has 228 valence electrons. The monoisotopic (exact) mass is 590 g/mol. The van der Waals surface area contributed by atoms with Crippen molar-refractivity contribution in [2.45, 2.75) is 19.4 Å². The van der Waals surface area contributed by atoms with Crippen LogP contribution in [-0.4, -0.2) is 105 Å². The number of ether oxygens (including phenoxy) is 3. The molecular formula is C32H39FN6O4. The molecular weight excluding hydrogens is 551 g/mol. The zero-order valence-electron chi connectivity index (χ0n) is 24.8. The van der Waals surface area contributed by atoms with Crippen molar-refractivity contribution < 1.29 is 23.4 Å². The maximum Gasteiger partial charge on any atom is 0.318 e. The zero-order chi connectivity index (χ0) is 29.8. The van der Waals surface area contributed by atoms with Gasteiger partial charge in [-0.2, -0.15) is 9.97 Å². The smallest absolute Gasteiger partial charge is 0.318 e. The van der Waals surface area contributed by atoms with E-state index < -0.39 is 0 Å². The van der Waals surface area contributed by atoms with Gasteiger partial charge < -0.3 is 28.9 Å². The number of hydrogen-bond acceptors (Lipinski definition) is 9. The molecule has 4 heterocycles. The molecule has 43 heavy (non-hydrogen) atoms. The number of carbonyl (C=O) groups excluding carboxylic acids is 1. The van der Waals surface area contributed by atoms with Crippen molar-refractivity contribution in [1.82, 2.24) is 19.8 Å². The van der Waals surface area contributed by atoms with Gasteiger partial charge in [0.1, 0.15) is 5.82 Å². The van der Waals surface area contributed by atoms with Crippen LogP contribution in [0.3, 0.4) is 0 Å². The van der Waals surface area contributed by atoms with Gasteiger partial charge in [-0.25, -0.2) is 4.39 Å². The number of carbonyl (C=O) groups is 1. The van der Waals surface area contributed by atoms with Gasteiger partial charge in [-0.05, 0) is 30.4 Å². The van der Waals surface area contributed by atoms with Crippen LogP contribution in [0.5, 0.6) is 11.8 Å². The number of anilines is 2. The molecule has 1 aromatic heterocycles. The molecule has 2 saturated heterocycles. The molecule has 6 rings (SSSR count). The van der Waals surface area contributed by atoms with Gasteiger partial charge in [-0.3, -0.25) is 9.69 Å². The van der Waals surface area contributed by atoms with E-state index in [1.54, 1.807) is 11.0 Å². The molecule has 2 aromatic carbocycles. The first-order valence-electron chi connectivity index (χ1n) is 15.0. The molecule has 10 nitrogen and oxygen atoms in total. The fourth-order valence-corrected chi connectivity index (χ4v) is 6.19. The predicted octanol–water partition coefficient (Wildman–Crippen LogP) is 3.28. The molecule has 3 aromatic rings. The lowest BCUT2D eigenvalue weighted by molar-refractivity contribution is -0.126. The van der Waals surface area contributed by atoms with Crippen LogP contribution in [0.25, 0.3) is 10.8 Å². The number of fused-ring (bicyclic) bond motifs is 2. The minimum atomic E-state index is -0.374. The zero-order valence-corrected chi connectivity index (χ0v) is 24.8. The molecule has 2 fully saturated rings. The van der Waals surface area contributed by atoms with Crippen molar-refractivity contribution in [3.63, 3.8) is 0 Å². The summed E-state index contributed by atoms with van der Waals surface area (Å²) in [4.78, 5) is 30.4. The summed E-state index contributed by atoms with van der Waals surface area (Å²) in [6, 6.07) is 9.86. The number of nitrogens with zero attached hydrogens (tertiary/aromatic N) is 6. The average Bonchev–Trinajstić information content (AvgIpc) is 3.06. The Morgan fingerprint density at radius 3 is 2.63 bits per heavy atom. The Hall–Kier alpha value is -3.96. The second-order valence-electron chi connectivity index (χ2n) is 11.1. The van der Waals surface area contributed by atoms with E-state index in [0.717, 1.165) is 67.1 Å². The molecule has 0 spiro atoms.